The SMILES string of the molecule is CN1CCOC(CNC(=O)NC(C)(C)COCc2ccccc2)C1. The first kappa shape index (κ1) is 18.7. The smallest absolute Gasteiger partial charge is 0.315 e. The van der Waals surface area contributed by atoms with Crippen molar-refractivity contribution in [3.8, 4) is 0 Å². The maximum absolute atomic E-state index is 12.1. The Hall–Kier alpha value is -1.63. The fourth-order valence-corrected chi connectivity index (χ4v) is 2.58. The number of amides is 2. The zero-order valence-corrected chi connectivity index (χ0v) is 14.9. The molecule has 0 aliphatic carbocycles. The number of hydrogen-bond donors (Lipinski definition) is 2. The van der Waals surface area contributed by atoms with Crippen molar-refractivity contribution in [1.82, 2.24) is 15.5 Å². The van der Waals surface area contributed by atoms with Crippen molar-refractivity contribution in [3.63, 3.8) is 0 Å². The van der Waals surface area contributed by atoms with Crippen LogP contribution in [0.25, 0.3) is 0 Å². The number of carbonyl (C=O) groups excluding carboxylic acids is 1. The summed E-state index contributed by atoms with van der Waals surface area (Å²) in [6.45, 7) is 7.87. The van der Waals surface area contributed by atoms with Gasteiger partial charge in [0.05, 0.1) is 31.5 Å². The van der Waals surface area contributed by atoms with E-state index in [0.29, 0.717) is 26.4 Å². The first-order chi connectivity index (χ1) is 11.4. The summed E-state index contributed by atoms with van der Waals surface area (Å²) in [4.78, 5) is 14.3. The molecule has 1 aliphatic rings. The van der Waals surface area contributed by atoms with Crippen LogP contribution < -0.4 is 10.6 Å². The van der Waals surface area contributed by atoms with Crippen molar-refractivity contribution in [2.24, 2.45) is 0 Å². The zero-order chi connectivity index (χ0) is 17.4. The van der Waals surface area contributed by atoms with Crippen LogP contribution in [0.5, 0.6) is 0 Å². The van der Waals surface area contributed by atoms with Gasteiger partial charge >= 0.3 is 6.03 Å². The first-order valence-electron chi connectivity index (χ1n) is 8.42. The number of nitrogens with zero attached hydrogens (tertiary/aromatic N) is 1. The van der Waals surface area contributed by atoms with Crippen molar-refractivity contribution in [2.75, 3.05) is 39.9 Å². The summed E-state index contributed by atoms with van der Waals surface area (Å²) in [7, 11) is 2.06. The molecular weight excluding hydrogens is 306 g/mol. The van der Waals surface area contributed by atoms with E-state index in [-0.39, 0.29) is 12.1 Å². The number of morpholine rings is 1. The third-order valence-electron chi connectivity index (χ3n) is 3.86. The largest absolute Gasteiger partial charge is 0.374 e. The number of hydrogen-bond acceptors (Lipinski definition) is 4. The topological polar surface area (TPSA) is 62.8 Å². The molecule has 2 rings (SSSR count). The van der Waals surface area contributed by atoms with E-state index in [9.17, 15) is 4.79 Å². The highest BCUT2D eigenvalue weighted by atomic mass is 16.5. The Balaban J connectivity index is 1.65. The van der Waals surface area contributed by atoms with E-state index in [0.717, 1.165) is 18.7 Å². The zero-order valence-electron chi connectivity index (χ0n) is 14.9. The van der Waals surface area contributed by atoms with Crippen LogP contribution >= 0.6 is 0 Å². The molecule has 24 heavy (non-hydrogen) atoms. The summed E-state index contributed by atoms with van der Waals surface area (Å²) in [5, 5.41) is 5.83. The number of likely N-dealkylation sites (N-methyl/N-ethyl adjacent to an activating group) is 1. The maximum Gasteiger partial charge on any atom is 0.315 e. The molecule has 1 aromatic carbocycles. The Morgan fingerprint density at radius 2 is 2.12 bits per heavy atom. The molecule has 1 aliphatic heterocycles. The van der Waals surface area contributed by atoms with Gasteiger partial charge in [-0.2, -0.15) is 0 Å². The predicted molar refractivity (Wildman–Crippen MR) is 93.9 cm³/mol. The predicted octanol–water partition coefficient (Wildman–Crippen LogP) is 1.61. The van der Waals surface area contributed by atoms with Crippen LogP contribution in [0.3, 0.4) is 0 Å². The molecule has 1 heterocycles. The molecule has 1 atom stereocenters. The average Bonchev–Trinajstić information content (AvgIpc) is 2.53. The highest BCUT2D eigenvalue weighted by molar-refractivity contribution is 5.74. The molecule has 2 amide bonds. The third-order valence-corrected chi connectivity index (χ3v) is 3.86. The lowest BCUT2D eigenvalue weighted by atomic mass is 10.1. The number of ether oxygens (including phenoxy) is 2. The van der Waals surface area contributed by atoms with Crippen molar-refractivity contribution in [2.45, 2.75) is 32.1 Å². The van der Waals surface area contributed by atoms with Crippen LogP contribution in [0.1, 0.15) is 19.4 Å². The second kappa shape index (κ2) is 9.01. The second-order valence-corrected chi connectivity index (χ2v) is 6.95. The van der Waals surface area contributed by atoms with Crippen LogP contribution in [-0.4, -0.2) is 62.5 Å². The molecule has 0 aromatic heterocycles. The molecule has 6 heteroatoms. The van der Waals surface area contributed by atoms with E-state index in [2.05, 4.69) is 22.6 Å². The molecule has 0 spiro atoms. The minimum Gasteiger partial charge on any atom is -0.374 e. The Morgan fingerprint density at radius 1 is 1.38 bits per heavy atom. The van der Waals surface area contributed by atoms with E-state index < -0.39 is 5.54 Å². The summed E-state index contributed by atoms with van der Waals surface area (Å²) in [6.07, 6.45) is 0.0481. The molecule has 1 fully saturated rings. The summed E-state index contributed by atoms with van der Waals surface area (Å²) >= 11 is 0. The molecule has 0 saturated carbocycles. The third kappa shape index (κ3) is 6.86. The van der Waals surface area contributed by atoms with Gasteiger partial charge in [-0.1, -0.05) is 30.3 Å². The number of benzene rings is 1. The Bertz CT molecular complexity index is 507. The summed E-state index contributed by atoms with van der Waals surface area (Å²) in [6, 6.07) is 9.80. The second-order valence-electron chi connectivity index (χ2n) is 6.95. The lowest BCUT2D eigenvalue weighted by Crippen LogP contribution is -2.53. The van der Waals surface area contributed by atoms with Crippen LogP contribution in [0, 0.1) is 0 Å². The highest BCUT2D eigenvalue weighted by Crippen LogP contribution is 2.07. The number of rotatable bonds is 7. The molecule has 134 valence electrons. The fraction of sp³-hybridized carbons (Fsp3) is 0.611. The van der Waals surface area contributed by atoms with Crippen LogP contribution in [0.2, 0.25) is 0 Å². The summed E-state index contributed by atoms with van der Waals surface area (Å²) in [5.74, 6) is 0. The lowest BCUT2D eigenvalue weighted by molar-refractivity contribution is -0.0169. The van der Waals surface area contributed by atoms with Gasteiger partial charge in [0, 0.05) is 19.6 Å². The van der Waals surface area contributed by atoms with E-state index in [1.54, 1.807) is 0 Å². The van der Waals surface area contributed by atoms with E-state index in [1.165, 1.54) is 0 Å². The van der Waals surface area contributed by atoms with Gasteiger partial charge < -0.3 is 25.0 Å². The van der Waals surface area contributed by atoms with Gasteiger partial charge in [0.15, 0.2) is 0 Å². The van der Waals surface area contributed by atoms with Gasteiger partial charge in [0.2, 0.25) is 0 Å². The van der Waals surface area contributed by atoms with Crippen LogP contribution in [0.4, 0.5) is 4.79 Å². The number of urea groups is 1. The quantitative estimate of drug-likeness (QED) is 0.795. The van der Waals surface area contributed by atoms with E-state index >= 15 is 0 Å². The monoisotopic (exact) mass is 335 g/mol. The lowest BCUT2D eigenvalue weighted by Gasteiger charge is -2.31. The van der Waals surface area contributed by atoms with Crippen molar-refractivity contribution >= 4 is 6.03 Å². The first-order valence-corrected chi connectivity index (χ1v) is 8.42. The molecule has 6 nitrogen and oxygen atoms in total. The molecule has 1 unspecified atom stereocenters. The Kier molecular flexibility index (Phi) is 7.02. The number of carbonyl (C=O) groups is 1. The molecular formula is C18H29N3O3. The van der Waals surface area contributed by atoms with E-state index in [4.69, 9.17) is 9.47 Å². The van der Waals surface area contributed by atoms with Gasteiger partial charge in [-0.25, -0.2) is 4.79 Å². The van der Waals surface area contributed by atoms with Crippen LogP contribution in [0.15, 0.2) is 30.3 Å². The van der Waals surface area contributed by atoms with Gasteiger partial charge in [-0.3, -0.25) is 0 Å². The normalized spacial score (nSPS) is 19.0. The summed E-state index contributed by atoms with van der Waals surface area (Å²) in [5.41, 5.74) is 0.680. The molecule has 0 bridgehead atoms. The van der Waals surface area contributed by atoms with Crippen LogP contribution in [-0.2, 0) is 16.1 Å². The molecule has 0 radical (unpaired) electrons. The van der Waals surface area contributed by atoms with E-state index in [1.807, 2.05) is 44.2 Å². The minimum absolute atomic E-state index is 0.0481. The van der Waals surface area contributed by atoms with Gasteiger partial charge in [0.1, 0.15) is 0 Å². The van der Waals surface area contributed by atoms with Gasteiger partial charge in [-0.15, -0.1) is 0 Å². The van der Waals surface area contributed by atoms with Crippen molar-refractivity contribution < 1.29 is 14.3 Å². The standard InChI is InChI=1S/C18H29N3O3/c1-18(2,14-23-13-15-7-5-4-6-8-15)20-17(22)19-11-16-12-21(3)9-10-24-16/h4-8,16H,9-14H2,1-3H3,(H2,19,20,22). The Labute approximate surface area is 144 Å². The highest BCUT2D eigenvalue weighted by Gasteiger charge is 2.22. The average molecular weight is 335 g/mol. The number of nitrogens with one attached hydrogen (secondary N) is 2. The van der Waals surface area contributed by atoms with Crippen molar-refractivity contribution in [3.05, 3.63) is 35.9 Å². The molecule has 1 aromatic rings. The summed E-state index contributed by atoms with van der Waals surface area (Å²) < 4.78 is 11.4. The molecule has 2 N–H and O–H groups in total. The Morgan fingerprint density at radius 3 is 2.83 bits per heavy atom. The minimum atomic E-state index is -0.441. The maximum atomic E-state index is 12.1. The molecule has 1 saturated heterocycles. The van der Waals surface area contributed by atoms with Gasteiger partial charge in [0.25, 0.3) is 0 Å². The fourth-order valence-electron chi connectivity index (χ4n) is 2.58. The van der Waals surface area contributed by atoms with Crippen molar-refractivity contribution in [1.29, 1.82) is 0 Å². The van der Waals surface area contributed by atoms with Gasteiger partial charge in [-0.05, 0) is 26.5 Å².